The summed E-state index contributed by atoms with van der Waals surface area (Å²) in [7, 11) is 1.98. The zero-order valence-electron chi connectivity index (χ0n) is 17.1. The van der Waals surface area contributed by atoms with Crippen LogP contribution in [0.4, 0.5) is 10.2 Å². The van der Waals surface area contributed by atoms with Gasteiger partial charge in [0.05, 0.1) is 5.52 Å². The van der Waals surface area contributed by atoms with Crippen LogP contribution in [0, 0.1) is 19.7 Å². The SMILES string of the molecule is Cc1c(C)n(Cc2cccc(Cl)c2)c2c(N(C)Cc3ccc(F)cc3)nc(Cl)cc12. The van der Waals surface area contributed by atoms with Crippen LogP contribution in [0.3, 0.4) is 0 Å². The summed E-state index contributed by atoms with van der Waals surface area (Å²) in [5.74, 6) is 0.548. The Morgan fingerprint density at radius 1 is 1.00 bits per heavy atom. The van der Waals surface area contributed by atoms with Gasteiger partial charge < -0.3 is 9.47 Å². The lowest BCUT2D eigenvalue weighted by Gasteiger charge is -2.21. The predicted molar refractivity (Wildman–Crippen MR) is 123 cm³/mol. The summed E-state index contributed by atoms with van der Waals surface area (Å²) in [5, 5.41) is 2.25. The van der Waals surface area contributed by atoms with Gasteiger partial charge in [0, 0.05) is 36.2 Å². The van der Waals surface area contributed by atoms with Crippen LogP contribution in [-0.2, 0) is 13.1 Å². The number of pyridine rings is 1. The van der Waals surface area contributed by atoms with E-state index in [1.54, 1.807) is 12.1 Å². The minimum Gasteiger partial charge on any atom is -0.354 e. The molecule has 0 atom stereocenters. The Bertz CT molecular complexity index is 1220. The molecule has 6 heteroatoms. The summed E-state index contributed by atoms with van der Waals surface area (Å²) in [6, 6.07) is 16.3. The van der Waals surface area contributed by atoms with Crippen molar-refractivity contribution in [1.82, 2.24) is 9.55 Å². The fraction of sp³-hybridized carbons (Fsp3) is 0.208. The Balaban J connectivity index is 1.82. The van der Waals surface area contributed by atoms with E-state index >= 15 is 0 Å². The number of hydrogen-bond donors (Lipinski definition) is 0. The number of hydrogen-bond acceptors (Lipinski definition) is 2. The van der Waals surface area contributed by atoms with Crippen LogP contribution in [0.5, 0.6) is 0 Å². The van der Waals surface area contributed by atoms with E-state index in [4.69, 9.17) is 23.2 Å². The van der Waals surface area contributed by atoms with Crippen molar-refractivity contribution in [2.24, 2.45) is 0 Å². The van der Waals surface area contributed by atoms with Crippen LogP contribution in [-0.4, -0.2) is 16.6 Å². The molecule has 0 saturated heterocycles. The molecule has 0 radical (unpaired) electrons. The van der Waals surface area contributed by atoms with Crippen LogP contribution in [0.2, 0.25) is 10.2 Å². The van der Waals surface area contributed by atoms with Gasteiger partial charge in [-0.1, -0.05) is 47.5 Å². The average molecular weight is 442 g/mol. The van der Waals surface area contributed by atoms with Gasteiger partial charge >= 0.3 is 0 Å². The number of aryl methyl sites for hydroxylation is 1. The molecule has 3 nitrogen and oxygen atoms in total. The van der Waals surface area contributed by atoms with E-state index in [-0.39, 0.29) is 5.82 Å². The molecule has 4 rings (SSSR count). The van der Waals surface area contributed by atoms with Gasteiger partial charge in [-0.15, -0.1) is 0 Å². The summed E-state index contributed by atoms with van der Waals surface area (Å²) >= 11 is 12.6. The van der Waals surface area contributed by atoms with Gasteiger partial charge in [-0.25, -0.2) is 9.37 Å². The van der Waals surface area contributed by atoms with Crippen LogP contribution in [0.1, 0.15) is 22.4 Å². The summed E-state index contributed by atoms with van der Waals surface area (Å²) in [6.45, 7) is 5.48. The largest absolute Gasteiger partial charge is 0.354 e. The van der Waals surface area contributed by atoms with Crippen molar-refractivity contribution in [1.29, 1.82) is 0 Å². The van der Waals surface area contributed by atoms with E-state index < -0.39 is 0 Å². The number of aromatic nitrogens is 2. The highest BCUT2D eigenvalue weighted by Gasteiger charge is 2.19. The summed E-state index contributed by atoms with van der Waals surface area (Å²) in [6.07, 6.45) is 0. The first-order chi connectivity index (χ1) is 14.3. The maximum absolute atomic E-state index is 13.3. The van der Waals surface area contributed by atoms with Crippen LogP contribution in [0.25, 0.3) is 10.9 Å². The molecule has 0 fully saturated rings. The van der Waals surface area contributed by atoms with Gasteiger partial charge in [0.25, 0.3) is 0 Å². The second kappa shape index (κ2) is 8.29. The number of anilines is 1. The summed E-state index contributed by atoms with van der Waals surface area (Å²) in [5.41, 5.74) is 5.47. The smallest absolute Gasteiger partial charge is 0.155 e. The molecule has 0 aliphatic rings. The maximum atomic E-state index is 13.3. The molecule has 0 bridgehead atoms. The highest BCUT2D eigenvalue weighted by atomic mass is 35.5. The van der Waals surface area contributed by atoms with E-state index in [1.165, 1.54) is 17.7 Å². The third-order valence-electron chi connectivity index (χ3n) is 5.49. The van der Waals surface area contributed by atoms with Crippen LogP contribution >= 0.6 is 23.2 Å². The lowest BCUT2D eigenvalue weighted by molar-refractivity contribution is 0.627. The molecule has 4 aromatic rings. The third-order valence-corrected chi connectivity index (χ3v) is 5.92. The molecule has 0 spiro atoms. The molecule has 2 aromatic heterocycles. The molecular formula is C24H22Cl2FN3. The molecule has 0 aliphatic carbocycles. The van der Waals surface area contributed by atoms with Gasteiger partial charge in [-0.3, -0.25) is 0 Å². The molecule has 2 heterocycles. The van der Waals surface area contributed by atoms with Crippen LogP contribution in [0.15, 0.2) is 54.6 Å². The second-order valence-electron chi connectivity index (χ2n) is 7.57. The Morgan fingerprint density at radius 3 is 2.43 bits per heavy atom. The van der Waals surface area contributed by atoms with Gasteiger partial charge in [0.2, 0.25) is 0 Å². The molecule has 0 N–H and O–H groups in total. The first-order valence-electron chi connectivity index (χ1n) is 9.69. The van der Waals surface area contributed by atoms with Crippen molar-refractivity contribution in [2.75, 3.05) is 11.9 Å². The minimum atomic E-state index is -0.244. The number of halogens is 3. The molecule has 0 aliphatic heterocycles. The first kappa shape index (κ1) is 20.7. The maximum Gasteiger partial charge on any atom is 0.155 e. The lowest BCUT2D eigenvalue weighted by Crippen LogP contribution is -2.19. The Labute approximate surface area is 185 Å². The topological polar surface area (TPSA) is 21.1 Å². The molecule has 0 unspecified atom stereocenters. The molecule has 30 heavy (non-hydrogen) atoms. The average Bonchev–Trinajstić information content (AvgIpc) is 2.94. The van der Waals surface area contributed by atoms with E-state index in [9.17, 15) is 4.39 Å². The Hall–Kier alpha value is -2.56. The first-order valence-corrected chi connectivity index (χ1v) is 10.4. The van der Waals surface area contributed by atoms with Crippen molar-refractivity contribution < 1.29 is 4.39 Å². The number of fused-ring (bicyclic) bond motifs is 1. The normalized spacial score (nSPS) is 11.3. The molecule has 0 saturated carbocycles. The second-order valence-corrected chi connectivity index (χ2v) is 8.40. The van der Waals surface area contributed by atoms with E-state index in [0.29, 0.717) is 23.3 Å². The predicted octanol–water partition coefficient (Wildman–Crippen LogP) is 6.78. The summed E-state index contributed by atoms with van der Waals surface area (Å²) in [4.78, 5) is 6.71. The highest BCUT2D eigenvalue weighted by Crippen LogP contribution is 2.34. The summed E-state index contributed by atoms with van der Waals surface area (Å²) < 4.78 is 15.5. The van der Waals surface area contributed by atoms with E-state index in [0.717, 1.165) is 33.5 Å². The zero-order chi connectivity index (χ0) is 21.4. The number of benzene rings is 2. The lowest BCUT2D eigenvalue weighted by atomic mass is 10.2. The quantitative estimate of drug-likeness (QED) is 0.318. The molecule has 2 aromatic carbocycles. The van der Waals surface area contributed by atoms with Gasteiger partial charge in [0.15, 0.2) is 5.82 Å². The van der Waals surface area contributed by atoms with E-state index in [2.05, 4.69) is 34.4 Å². The number of rotatable bonds is 5. The van der Waals surface area contributed by atoms with Crippen molar-refractivity contribution >= 4 is 39.9 Å². The van der Waals surface area contributed by atoms with Gasteiger partial charge in [0.1, 0.15) is 11.0 Å². The standard InChI is InChI=1S/C24H22Cl2FN3/c1-15-16(2)30(14-18-5-4-6-19(25)11-18)23-21(15)12-22(26)28-24(23)29(3)13-17-7-9-20(27)10-8-17/h4-12H,13-14H2,1-3H3. The molecular weight excluding hydrogens is 420 g/mol. The van der Waals surface area contributed by atoms with Crippen molar-refractivity contribution in [2.45, 2.75) is 26.9 Å². The van der Waals surface area contributed by atoms with Crippen LogP contribution < -0.4 is 4.90 Å². The van der Waals surface area contributed by atoms with E-state index in [1.807, 2.05) is 31.3 Å². The Morgan fingerprint density at radius 2 is 1.73 bits per heavy atom. The minimum absolute atomic E-state index is 0.244. The highest BCUT2D eigenvalue weighted by molar-refractivity contribution is 6.30. The molecule has 0 amide bonds. The zero-order valence-corrected chi connectivity index (χ0v) is 18.6. The van der Waals surface area contributed by atoms with Crippen molar-refractivity contribution in [3.05, 3.63) is 93.0 Å². The Kier molecular flexibility index (Phi) is 5.72. The van der Waals surface area contributed by atoms with Gasteiger partial charge in [-0.2, -0.15) is 0 Å². The number of nitrogens with zero attached hydrogens (tertiary/aromatic N) is 3. The molecule has 154 valence electrons. The van der Waals surface area contributed by atoms with Crippen molar-refractivity contribution in [3.63, 3.8) is 0 Å². The third kappa shape index (κ3) is 4.03. The van der Waals surface area contributed by atoms with Gasteiger partial charge in [-0.05, 0) is 60.9 Å². The fourth-order valence-corrected chi connectivity index (χ4v) is 4.23. The van der Waals surface area contributed by atoms with Crippen molar-refractivity contribution in [3.8, 4) is 0 Å². The monoisotopic (exact) mass is 441 g/mol. The fourth-order valence-electron chi connectivity index (χ4n) is 3.83.